The Balaban J connectivity index is 1.85. The van der Waals surface area contributed by atoms with Crippen LogP contribution < -0.4 is 5.32 Å². The second kappa shape index (κ2) is 6.87. The molecule has 1 fully saturated rings. The molecule has 1 saturated carbocycles. The summed E-state index contributed by atoms with van der Waals surface area (Å²) in [6.45, 7) is 1.47. The lowest BCUT2D eigenvalue weighted by Crippen LogP contribution is -2.18. The van der Waals surface area contributed by atoms with Gasteiger partial charge >= 0.3 is 0 Å². The lowest BCUT2D eigenvalue weighted by molar-refractivity contribution is -0.117. The van der Waals surface area contributed by atoms with Crippen LogP contribution in [0.25, 0.3) is 11.8 Å². The Kier molecular flexibility index (Phi) is 4.68. The normalized spacial score (nSPS) is 16.7. The van der Waals surface area contributed by atoms with Gasteiger partial charge in [-0.2, -0.15) is 4.98 Å². The molecule has 2 aromatic heterocycles. The van der Waals surface area contributed by atoms with E-state index in [0.717, 1.165) is 23.5 Å². The van der Waals surface area contributed by atoms with Gasteiger partial charge in [0, 0.05) is 17.7 Å². The Morgan fingerprint density at radius 1 is 1.41 bits per heavy atom. The van der Waals surface area contributed by atoms with Crippen LogP contribution in [0.5, 0.6) is 0 Å². The lowest BCUT2D eigenvalue weighted by Gasteiger charge is -2.17. The van der Waals surface area contributed by atoms with Crippen LogP contribution in [0.1, 0.15) is 61.5 Å². The highest BCUT2D eigenvalue weighted by molar-refractivity contribution is 7.10. The molecule has 0 atom stereocenters. The highest BCUT2D eigenvalue weighted by atomic mass is 32.1. The van der Waals surface area contributed by atoms with Gasteiger partial charge in [0.1, 0.15) is 5.70 Å². The topological polar surface area (TPSA) is 68.0 Å². The number of aromatic nitrogens is 2. The molecule has 0 spiro atoms. The van der Waals surface area contributed by atoms with Gasteiger partial charge in [0.2, 0.25) is 5.91 Å². The highest BCUT2D eigenvalue weighted by Gasteiger charge is 2.22. The van der Waals surface area contributed by atoms with Crippen LogP contribution in [0.2, 0.25) is 0 Å². The van der Waals surface area contributed by atoms with E-state index in [4.69, 9.17) is 4.52 Å². The molecule has 6 heteroatoms. The molecule has 116 valence electrons. The molecule has 2 aromatic rings. The van der Waals surface area contributed by atoms with Crippen molar-refractivity contribution in [2.75, 3.05) is 0 Å². The Labute approximate surface area is 133 Å². The van der Waals surface area contributed by atoms with Crippen molar-refractivity contribution in [1.29, 1.82) is 0 Å². The van der Waals surface area contributed by atoms with Crippen LogP contribution in [0.3, 0.4) is 0 Å². The molecular weight excluding hydrogens is 298 g/mol. The van der Waals surface area contributed by atoms with Crippen molar-refractivity contribution in [3.8, 4) is 0 Å². The minimum Gasteiger partial charge on any atom is -0.332 e. The number of rotatable bonds is 4. The fourth-order valence-corrected chi connectivity index (χ4v) is 3.38. The third kappa shape index (κ3) is 3.62. The van der Waals surface area contributed by atoms with Gasteiger partial charge in [-0.3, -0.25) is 4.79 Å². The molecule has 1 amide bonds. The molecule has 0 radical (unpaired) electrons. The average Bonchev–Trinajstić information content (AvgIpc) is 3.18. The lowest BCUT2D eigenvalue weighted by atomic mass is 9.89. The van der Waals surface area contributed by atoms with Crippen LogP contribution in [0.15, 0.2) is 22.0 Å². The molecule has 3 rings (SSSR count). The minimum atomic E-state index is -0.153. The number of hydrogen-bond acceptors (Lipinski definition) is 5. The molecular formula is C16H19N3O2S. The van der Waals surface area contributed by atoms with Gasteiger partial charge in [-0.15, -0.1) is 11.3 Å². The number of carbonyl (C=O) groups is 1. The summed E-state index contributed by atoms with van der Waals surface area (Å²) in [5.74, 6) is 1.37. The van der Waals surface area contributed by atoms with Crippen molar-refractivity contribution < 1.29 is 9.32 Å². The van der Waals surface area contributed by atoms with E-state index in [1.165, 1.54) is 26.2 Å². The second-order valence-corrected chi connectivity index (χ2v) is 6.53. The summed E-state index contributed by atoms with van der Waals surface area (Å²) in [4.78, 5) is 17.0. The van der Waals surface area contributed by atoms with E-state index >= 15 is 0 Å². The van der Waals surface area contributed by atoms with Crippen LogP contribution in [-0.2, 0) is 4.79 Å². The summed E-state index contributed by atoms with van der Waals surface area (Å²) in [6.07, 6.45) is 7.82. The Morgan fingerprint density at radius 2 is 2.23 bits per heavy atom. The number of hydrogen-bond donors (Lipinski definition) is 1. The average molecular weight is 317 g/mol. The van der Waals surface area contributed by atoms with Crippen molar-refractivity contribution in [2.45, 2.75) is 44.9 Å². The van der Waals surface area contributed by atoms with Crippen LogP contribution in [0.4, 0.5) is 0 Å². The molecule has 1 N–H and O–H groups in total. The zero-order chi connectivity index (χ0) is 15.4. The largest absolute Gasteiger partial charge is 0.332 e. The van der Waals surface area contributed by atoms with Crippen molar-refractivity contribution in [3.05, 3.63) is 34.1 Å². The van der Waals surface area contributed by atoms with E-state index in [1.807, 2.05) is 23.6 Å². The molecule has 5 nitrogen and oxygen atoms in total. The predicted molar refractivity (Wildman–Crippen MR) is 86.1 cm³/mol. The molecule has 0 unspecified atom stereocenters. The van der Waals surface area contributed by atoms with Crippen molar-refractivity contribution in [2.24, 2.45) is 0 Å². The molecule has 0 bridgehead atoms. The van der Waals surface area contributed by atoms with Gasteiger partial charge in [-0.1, -0.05) is 30.5 Å². The summed E-state index contributed by atoms with van der Waals surface area (Å²) in [5.41, 5.74) is 0.560. The van der Waals surface area contributed by atoms with Crippen molar-refractivity contribution in [1.82, 2.24) is 15.5 Å². The van der Waals surface area contributed by atoms with E-state index in [1.54, 1.807) is 11.3 Å². The SMILES string of the molecule is CC(=O)N/C(=C/c1cccs1)c1nc(C2CCCCC2)no1. The summed E-state index contributed by atoms with van der Waals surface area (Å²) in [7, 11) is 0. The van der Waals surface area contributed by atoms with Gasteiger partial charge in [0.25, 0.3) is 5.89 Å². The van der Waals surface area contributed by atoms with Gasteiger partial charge in [-0.05, 0) is 30.4 Å². The van der Waals surface area contributed by atoms with Gasteiger partial charge in [0.05, 0.1) is 0 Å². The molecule has 0 aliphatic heterocycles. The Morgan fingerprint density at radius 3 is 2.91 bits per heavy atom. The quantitative estimate of drug-likeness (QED) is 0.931. The third-order valence-corrected chi connectivity index (χ3v) is 4.60. The van der Waals surface area contributed by atoms with E-state index < -0.39 is 0 Å². The van der Waals surface area contributed by atoms with Crippen molar-refractivity contribution >= 4 is 29.0 Å². The summed E-state index contributed by atoms with van der Waals surface area (Å²) < 4.78 is 5.39. The molecule has 1 aliphatic rings. The monoisotopic (exact) mass is 317 g/mol. The van der Waals surface area contributed by atoms with Crippen LogP contribution in [0, 0.1) is 0 Å². The zero-order valence-corrected chi connectivity index (χ0v) is 13.4. The standard InChI is InChI=1S/C16H19N3O2S/c1-11(20)17-14(10-13-8-5-9-22-13)16-18-15(19-21-16)12-6-3-2-4-7-12/h5,8-10,12H,2-4,6-7H2,1H3,(H,17,20)/b14-10+. The molecule has 0 saturated heterocycles. The van der Waals surface area contributed by atoms with Gasteiger partial charge < -0.3 is 9.84 Å². The fraction of sp³-hybridized carbons (Fsp3) is 0.438. The van der Waals surface area contributed by atoms with E-state index in [2.05, 4.69) is 15.5 Å². The first-order valence-electron chi connectivity index (χ1n) is 7.59. The van der Waals surface area contributed by atoms with Gasteiger partial charge in [0.15, 0.2) is 5.82 Å². The molecule has 1 aliphatic carbocycles. The molecule has 0 aromatic carbocycles. The predicted octanol–water partition coefficient (Wildman–Crippen LogP) is 3.81. The summed E-state index contributed by atoms with van der Waals surface area (Å²) in [5, 5.41) is 8.89. The molecule has 22 heavy (non-hydrogen) atoms. The maximum absolute atomic E-state index is 11.4. The number of thiophene rings is 1. The first-order chi connectivity index (χ1) is 10.7. The van der Waals surface area contributed by atoms with Crippen LogP contribution in [-0.4, -0.2) is 16.0 Å². The summed E-state index contributed by atoms with van der Waals surface area (Å²) >= 11 is 1.59. The van der Waals surface area contributed by atoms with E-state index in [9.17, 15) is 4.79 Å². The third-order valence-electron chi connectivity index (χ3n) is 3.78. The zero-order valence-electron chi connectivity index (χ0n) is 12.5. The first kappa shape index (κ1) is 15.0. The van der Waals surface area contributed by atoms with Gasteiger partial charge in [-0.25, -0.2) is 0 Å². The van der Waals surface area contributed by atoms with Crippen molar-refractivity contribution in [3.63, 3.8) is 0 Å². The Hall–Kier alpha value is -1.95. The number of amides is 1. The molecule has 2 heterocycles. The highest BCUT2D eigenvalue weighted by Crippen LogP contribution is 2.31. The van der Waals surface area contributed by atoms with E-state index in [-0.39, 0.29) is 5.91 Å². The number of nitrogens with one attached hydrogen (secondary N) is 1. The smallest absolute Gasteiger partial charge is 0.274 e. The maximum Gasteiger partial charge on any atom is 0.274 e. The first-order valence-corrected chi connectivity index (χ1v) is 8.47. The van der Waals surface area contributed by atoms with E-state index in [0.29, 0.717) is 17.5 Å². The number of carbonyl (C=O) groups excluding carboxylic acids is 1. The Bertz CT molecular complexity index is 655. The number of nitrogens with zero attached hydrogens (tertiary/aromatic N) is 2. The summed E-state index contributed by atoms with van der Waals surface area (Å²) in [6, 6.07) is 3.94. The minimum absolute atomic E-state index is 0.153. The van der Waals surface area contributed by atoms with Crippen LogP contribution >= 0.6 is 11.3 Å². The fourth-order valence-electron chi connectivity index (χ4n) is 2.73. The second-order valence-electron chi connectivity index (χ2n) is 5.55. The maximum atomic E-state index is 11.4.